The Morgan fingerprint density at radius 3 is 2.52 bits per heavy atom. The molecule has 0 bridgehead atoms. The quantitative estimate of drug-likeness (QED) is 0.283. The van der Waals surface area contributed by atoms with Gasteiger partial charge >= 0.3 is 0 Å². The van der Waals surface area contributed by atoms with Crippen LogP contribution < -0.4 is 10.1 Å². The topological polar surface area (TPSA) is 94.4 Å². The lowest BCUT2D eigenvalue weighted by molar-refractivity contribution is -0.384. The molecule has 8 heteroatoms. The molecule has 29 heavy (non-hydrogen) atoms. The summed E-state index contributed by atoms with van der Waals surface area (Å²) in [5.74, 6) is 0.486. The highest BCUT2D eigenvalue weighted by molar-refractivity contribution is 7.14. The van der Waals surface area contributed by atoms with E-state index in [1.165, 1.54) is 23.5 Å². The first-order chi connectivity index (χ1) is 14.1. The van der Waals surface area contributed by atoms with Gasteiger partial charge in [-0.3, -0.25) is 20.2 Å². The molecule has 0 fully saturated rings. The van der Waals surface area contributed by atoms with E-state index in [0.717, 1.165) is 30.6 Å². The van der Waals surface area contributed by atoms with Crippen molar-refractivity contribution in [3.05, 3.63) is 69.6 Å². The average Bonchev–Trinajstić information content (AvgIpc) is 3.20. The lowest BCUT2D eigenvalue weighted by Crippen LogP contribution is -2.11. The number of nitrogens with zero attached hydrogens (tertiary/aromatic N) is 2. The van der Waals surface area contributed by atoms with Crippen molar-refractivity contribution in [1.82, 2.24) is 4.98 Å². The number of rotatable bonds is 9. The summed E-state index contributed by atoms with van der Waals surface area (Å²) in [4.78, 5) is 27.1. The van der Waals surface area contributed by atoms with E-state index in [1.54, 1.807) is 41.8 Å². The van der Waals surface area contributed by atoms with Crippen molar-refractivity contribution in [3.8, 4) is 17.0 Å². The summed E-state index contributed by atoms with van der Waals surface area (Å²) >= 11 is 1.30. The molecular formula is C21H21N3O4S. The van der Waals surface area contributed by atoms with Gasteiger partial charge in [-0.25, -0.2) is 4.98 Å². The molecule has 0 spiro atoms. The van der Waals surface area contributed by atoms with Crippen LogP contribution in [-0.2, 0) is 0 Å². The third kappa shape index (κ3) is 5.61. The summed E-state index contributed by atoms with van der Waals surface area (Å²) in [6.45, 7) is 2.81. The van der Waals surface area contributed by atoms with E-state index in [1.807, 2.05) is 0 Å². The zero-order valence-electron chi connectivity index (χ0n) is 16.0. The van der Waals surface area contributed by atoms with Gasteiger partial charge in [0.1, 0.15) is 5.75 Å². The Kier molecular flexibility index (Phi) is 6.91. The Labute approximate surface area is 172 Å². The van der Waals surface area contributed by atoms with E-state index in [9.17, 15) is 14.9 Å². The van der Waals surface area contributed by atoms with E-state index >= 15 is 0 Å². The molecule has 1 heterocycles. The number of carbonyl (C=O) groups excluding carboxylic acids is 1. The number of aromatic nitrogens is 1. The van der Waals surface area contributed by atoms with Gasteiger partial charge in [0.25, 0.3) is 11.6 Å². The summed E-state index contributed by atoms with van der Waals surface area (Å²) in [5.41, 5.74) is 1.93. The molecule has 2 aromatic carbocycles. The lowest BCUT2D eigenvalue weighted by Gasteiger charge is -2.07. The molecule has 0 radical (unpaired) electrons. The normalized spacial score (nSPS) is 10.5. The van der Waals surface area contributed by atoms with Gasteiger partial charge in [-0.15, -0.1) is 11.3 Å². The number of unbranched alkanes of at least 4 members (excludes halogenated alkanes) is 2. The Balaban J connectivity index is 1.59. The summed E-state index contributed by atoms with van der Waals surface area (Å²) in [5, 5.41) is 15.8. The largest absolute Gasteiger partial charge is 0.494 e. The molecule has 0 aliphatic rings. The minimum atomic E-state index is -0.446. The first-order valence-corrected chi connectivity index (χ1v) is 10.2. The Morgan fingerprint density at radius 2 is 1.86 bits per heavy atom. The van der Waals surface area contributed by atoms with Crippen LogP contribution in [0.4, 0.5) is 10.8 Å². The van der Waals surface area contributed by atoms with Crippen LogP contribution in [0.15, 0.2) is 53.9 Å². The van der Waals surface area contributed by atoms with Crippen LogP contribution in [-0.4, -0.2) is 22.4 Å². The Bertz CT molecular complexity index is 968. The second-order valence-corrected chi connectivity index (χ2v) is 7.23. The van der Waals surface area contributed by atoms with Crippen molar-refractivity contribution in [2.45, 2.75) is 26.2 Å². The third-order valence-corrected chi connectivity index (χ3v) is 4.99. The van der Waals surface area contributed by atoms with Crippen molar-refractivity contribution in [1.29, 1.82) is 0 Å². The second-order valence-electron chi connectivity index (χ2n) is 6.38. The standard InChI is InChI=1S/C21H21N3O4S/c1-2-3-4-13-28-18-11-7-16(8-12-18)20(25)23-21-22-19(14-29-21)15-5-9-17(10-6-15)24(26)27/h5-12,14H,2-4,13H2,1H3,(H,22,23,25). The van der Waals surface area contributed by atoms with Crippen LogP contribution in [0.25, 0.3) is 11.3 Å². The summed E-state index contributed by atoms with van der Waals surface area (Å²) in [6, 6.07) is 13.1. The molecule has 1 aromatic heterocycles. The number of benzene rings is 2. The maximum absolute atomic E-state index is 12.4. The number of ether oxygens (including phenoxy) is 1. The molecule has 0 aliphatic heterocycles. The number of hydrogen-bond acceptors (Lipinski definition) is 6. The van der Waals surface area contributed by atoms with E-state index in [2.05, 4.69) is 17.2 Å². The molecule has 0 aliphatic carbocycles. The first-order valence-electron chi connectivity index (χ1n) is 9.31. The zero-order valence-corrected chi connectivity index (χ0v) is 16.8. The number of nitro benzene ring substituents is 1. The molecule has 3 rings (SSSR count). The van der Waals surface area contributed by atoms with Gasteiger partial charge in [-0.1, -0.05) is 19.8 Å². The van der Waals surface area contributed by atoms with Gasteiger partial charge in [0.2, 0.25) is 0 Å². The van der Waals surface area contributed by atoms with Crippen LogP contribution >= 0.6 is 11.3 Å². The van der Waals surface area contributed by atoms with Crippen molar-refractivity contribution in [2.24, 2.45) is 0 Å². The smallest absolute Gasteiger partial charge is 0.269 e. The molecule has 0 saturated carbocycles. The maximum Gasteiger partial charge on any atom is 0.269 e. The molecule has 0 atom stereocenters. The number of amides is 1. The number of nitrogens with one attached hydrogen (secondary N) is 1. The fourth-order valence-corrected chi connectivity index (χ4v) is 3.35. The number of carbonyl (C=O) groups is 1. The van der Waals surface area contributed by atoms with Crippen molar-refractivity contribution >= 4 is 28.1 Å². The van der Waals surface area contributed by atoms with Crippen molar-refractivity contribution in [3.63, 3.8) is 0 Å². The molecule has 7 nitrogen and oxygen atoms in total. The van der Waals surface area contributed by atoms with Crippen LogP contribution in [0.5, 0.6) is 5.75 Å². The number of anilines is 1. The van der Waals surface area contributed by atoms with E-state index in [-0.39, 0.29) is 11.6 Å². The lowest BCUT2D eigenvalue weighted by atomic mass is 10.1. The zero-order chi connectivity index (χ0) is 20.6. The highest BCUT2D eigenvalue weighted by Crippen LogP contribution is 2.27. The Hall–Kier alpha value is -3.26. The minimum absolute atomic E-state index is 0.0234. The highest BCUT2D eigenvalue weighted by Gasteiger charge is 2.11. The number of non-ortho nitro benzene ring substituents is 1. The minimum Gasteiger partial charge on any atom is -0.494 e. The van der Waals surface area contributed by atoms with Gasteiger partial charge in [0, 0.05) is 28.6 Å². The predicted molar refractivity (Wildman–Crippen MR) is 114 cm³/mol. The van der Waals surface area contributed by atoms with Gasteiger partial charge in [0.05, 0.1) is 17.2 Å². The molecule has 1 amide bonds. The summed E-state index contributed by atoms with van der Waals surface area (Å²) < 4.78 is 5.65. The molecule has 3 aromatic rings. The van der Waals surface area contributed by atoms with E-state index in [0.29, 0.717) is 23.0 Å². The fourth-order valence-electron chi connectivity index (χ4n) is 2.63. The maximum atomic E-state index is 12.4. The number of nitro groups is 1. The van der Waals surface area contributed by atoms with Gasteiger partial charge < -0.3 is 4.74 Å². The van der Waals surface area contributed by atoms with Crippen LogP contribution in [0.2, 0.25) is 0 Å². The molecular weight excluding hydrogens is 390 g/mol. The van der Waals surface area contributed by atoms with Gasteiger partial charge in [-0.2, -0.15) is 0 Å². The van der Waals surface area contributed by atoms with E-state index in [4.69, 9.17) is 4.74 Å². The summed E-state index contributed by atoms with van der Waals surface area (Å²) in [7, 11) is 0. The predicted octanol–water partition coefficient (Wildman–Crippen LogP) is 5.54. The number of hydrogen-bond donors (Lipinski definition) is 1. The average molecular weight is 411 g/mol. The molecule has 0 unspecified atom stereocenters. The monoisotopic (exact) mass is 411 g/mol. The van der Waals surface area contributed by atoms with Crippen LogP contribution in [0.3, 0.4) is 0 Å². The number of thiazole rings is 1. The Morgan fingerprint density at radius 1 is 1.14 bits per heavy atom. The van der Waals surface area contributed by atoms with Crippen molar-refractivity contribution in [2.75, 3.05) is 11.9 Å². The second kappa shape index (κ2) is 9.79. The van der Waals surface area contributed by atoms with Gasteiger partial charge in [0.15, 0.2) is 5.13 Å². The third-order valence-electron chi connectivity index (χ3n) is 4.23. The SMILES string of the molecule is CCCCCOc1ccc(C(=O)Nc2nc(-c3ccc([N+](=O)[O-])cc3)cs2)cc1. The summed E-state index contributed by atoms with van der Waals surface area (Å²) in [6.07, 6.45) is 3.29. The first kappa shape index (κ1) is 20.5. The highest BCUT2D eigenvalue weighted by atomic mass is 32.1. The molecule has 1 N–H and O–H groups in total. The van der Waals surface area contributed by atoms with E-state index < -0.39 is 4.92 Å². The van der Waals surface area contributed by atoms with Crippen molar-refractivity contribution < 1.29 is 14.5 Å². The fraction of sp³-hybridized carbons (Fsp3) is 0.238. The molecule has 0 saturated heterocycles. The van der Waals surface area contributed by atoms with Crippen LogP contribution in [0, 0.1) is 10.1 Å². The van der Waals surface area contributed by atoms with Crippen LogP contribution in [0.1, 0.15) is 36.5 Å². The molecule has 150 valence electrons. The van der Waals surface area contributed by atoms with Gasteiger partial charge in [-0.05, 0) is 42.8 Å².